The molecule has 0 radical (unpaired) electrons. The molecule has 48 heavy (non-hydrogen) atoms. The summed E-state index contributed by atoms with van der Waals surface area (Å²) in [5.41, 5.74) is 0. The SMILES string of the molecule is CCCCCCCCCCCCCCCCCCCC1N(CCCCCCCC)C=CN1CCCCCCCCCCCCCCCC. The van der Waals surface area contributed by atoms with Gasteiger partial charge in [0.15, 0.2) is 0 Å². The molecule has 286 valence electrons. The van der Waals surface area contributed by atoms with Gasteiger partial charge in [-0.15, -0.1) is 0 Å². The van der Waals surface area contributed by atoms with Gasteiger partial charge in [-0.05, 0) is 25.7 Å². The van der Waals surface area contributed by atoms with Crippen molar-refractivity contribution >= 4 is 0 Å². The number of hydrogen-bond acceptors (Lipinski definition) is 2. The van der Waals surface area contributed by atoms with Crippen molar-refractivity contribution in [3.8, 4) is 0 Å². The Morgan fingerprint density at radius 2 is 0.479 bits per heavy atom. The molecule has 0 N–H and O–H groups in total. The second-order valence-corrected chi connectivity index (χ2v) is 16.1. The van der Waals surface area contributed by atoms with Crippen LogP contribution >= 0.6 is 0 Å². The standard InChI is InChI=1S/C46H92N2/c1-4-7-10-13-16-18-20-22-24-25-26-27-29-31-33-35-38-41-46-47(42-39-36-15-12-9-6-3)44-45-48(46)43-40-37-34-32-30-28-23-21-19-17-14-11-8-5-2/h44-46H,4-43H2,1-3H3. The predicted octanol–water partition coefficient (Wildman–Crippen LogP) is 16.3. The van der Waals surface area contributed by atoms with Crippen LogP contribution in [-0.2, 0) is 0 Å². The van der Waals surface area contributed by atoms with Gasteiger partial charge in [0.1, 0.15) is 6.17 Å². The Morgan fingerprint density at radius 3 is 0.729 bits per heavy atom. The molecule has 0 aromatic rings. The van der Waals surface area contributed by atoms with Gasteiger partial charge in [-0.25, -0.2) is 0 Å². The second kappa shape index (κ2) is 37.6. The summed E-state index contributed by atoms with van der Waals surface area (Å²) in [7, 11) is 0. The lowest BCUT2D eigenvalue weighted by atomic mass is 10.0. The molecular weight excluding hydrogens is 581 g/mol. The van der Waals surface area contributed by atoms with Crippen LogP contribution in [0.4, 0.5) is 0 Å². The molecular formula is C46H92N2. The molecule has 0 saturated heterocycles. The molecule has 0 fully saturated rings. The Morgan fingerprint density at radius 1 is 0.271 bits per heavy atom. The minimum Gasteiger partial charge on any atom is -0.356 e. The summed E-state index contributed by atoms with van der Waals surface area (Å²) in [5, 5.41) is 0. The van der Waals surface area contributed by atoms with Crippen LogP contribution in [0.2, 0.25) is 0 Å². The van der Waals surface area contributed by atoms with Gasteiger partial charge in [0.25, 0.3) is 0 Å². The first-order valence-corrected chi connectivity index (χ1v) is 23.0. The van der Waals surface area contributed by atoms with Crippen molar-refractivity contribution in [3.05, 3.63) is 12.4 Å². The van der Waals surface area contributed by atoms with Gasteiger partial charge in [-0.1, -0.05) is 239 Å². The summed E-state index contributed by atoms with van der Waals surface area (Å²) in [5.74, 6) is 0. The van der Waals surface area contributed by atoms with E-state index in [0.717, 1.165) is 0 Å². The summed E-state index contributed by atoms with van der Waals surface area (Å²) < 4.78 is 0. The third kappa shape index (κ3) is 29.1. The average Bonchev–Trinajstić information content (AvgIpc) is 3.48. The van der Waals surface area contributed by atoms with E-state index in [4.69, 9.17) is 0 Å². The van der Waals surface area contributed by atoms with Crippen LogP contribution in [0, 0.1) is 0 Å². The summed E-state index contributed by atoms with van der Waals surface area (Å²) in [6.45, 7) is 9.49. The molecule has 1 rings (SSSR count). The molecule has 0 aromatic carbocycles. The number of rotatable bonds is 40. The highest BCUT2D eigenvalue weighted by Crippen LogP contribution is 2.24. The van der Waals surface area contributed by atoms with E-state index in [-0.39, 0.29) is 0 Å². The highest BCUT2D eigenvalue weighted by molar-refractivity contribution is 4.97. The Hall–Kier alpha value is -0.660. The topological polar surface area (TPSA) is 6.48 Å². The Balaban J connectivity index is 2.12. The molecule has 1 unspecified atom stereocenters. The predicted molar refractivity (Wildman–Crippen MR) is 219 cm³/mol. The molecule has 0 spiro atoms. The van der Waals surface area contributed by atoms with E-state index < -0.39 is 0 Å². The van der Waals surface area contributed by atoms with E-state index in [1.165, 1.54) is 257 Å². The zero-order valence-electron chi connectivity index (χ0n) is 33.9. The largest absolute Gasteiger partial charge is 0.356 e. The normalized spacial score (nSPS) is 14.6. The molecule has 0 amide bonds. The smallest absolute Gasteiger partial charge is 0.101 e. The van der Waals surface area contributed by atoms with Gasteiger partial charge in [-0.3, -0.25) is 0 Å². The van der Waals surface area contributed by atoms with Gasteiger partial charge in [0, 0.05) is 25.5 Å². The lowest BCUT2D eigenvalue weighted by Crippen LogP contribution is -2.39. The quantitative estimate of drug-likeness (QED) is 0.0598. The Kier molecular flexibility index (Phi) is 35.5. The van der Waals surface area contributed by atoms with E-state index in [9.17, 15) is 0 Å². The zero-order valence-corrected chi connectivity index (χ0v) is 33.9. The maximum atomic E-state index is 2.73. The van der Waals surface area contributed by atoms with Crippen molar-refractivity contribution in [3.63, 3.8) is 0 Å². The fourth-order valence-electron chi connectivity index (χ4n) is 7.95. The molecule has 2 heteroatoms. The van der Waals surface area contributed by atoms with E-state index >= 15 is 0 Å². The third-order valence-corrected chi connectivity index (χ3v) is 11.3. The fraction of sp³-hybridized carbons (Fsp3) is 0.957. The Labute approximate surface area is 305 Å². The van der Waals surface area contributed by atoms with Crippen LogP contribution in [0.15, 0.2) is 12.4 Å². The monoisotopic (exact) mass is 673 g/mol. The van der Waals surface area contributed by atoms with E-state index in [1.807, 2.05) is 0 Å². The van der Waals surface area contributed by atoms with Crippen molar-refractivity contribution in [1.82, 2.24) is 9.80 Å². The first-order valence-electron chi connectivity index (χ1n) is 23.0. The molecule has 0 saturated carbocycles. The molecule has 0 aromatic heterocycles. The average molecular weight is 673 g/mol. The lowest BCUT2D eigenvalue weighted by Gasteiger charge is -2.33. The summed E-state index contributed by atoms with van der Waals surface area (Å²) in [6, 6.07) is 0. The molecule has 1 atom stereocenters. The number of unbranched alkanes of at least 4 members (excludes halogenated alkanes) is 34. The highest BCUT2D eigenvalue weighted by atomic mass is 15.4. The number of nitrogens with zero attached hydrogens (tertiary/aromatic N) is 2. The molecule has 1 heterocycles. The van der Waals surface area contributed by atoms with Crippen LogP contribution in [-0.4, -0.2) is 29.1 Å². The number of hydrogen-bond donors (Lipinski definition) is 0. The highest BCUT2D eigenvalue weighted by Gasteiger charge is 2.24. The lowest BCUT2D eigenvalue weighted by molar-refractivity contribution is 0.135. The van der Waals surface area contributed by atoms with Crippen LogP contribution in [0.5, 0.6) is 0 Å². The summed E-state index contributed by atoms with van der Waals surface area (Å²) in [6.07, 6.45) is 60.4. The van der Waals surface area contributed by atoms with Crippen molar-refractivity contribution in [2.24, 2.45) is 0 Å². The minimum absolute atomic E-state index is 0.638. The van der Waals surface area contributed by atoms with Crippen LogP contribution < -0.4 is 0 Å². The van der Waals surface area contributed by atoms with Crippen molar-refractivity contribution in [1.29, 1.82) is 0 Å². The Bertz CT molecular complexity index is 630. The van der Waals surface area contributed by atoms with E-state index in [1.54, 1.807) is 0 Å². The first-order chi connectivity index (χ1) is 23.8. The minimum atomic E-state index is 0.638. The van der Waals surface area contributed by atoms with Crippen LogP contribution in [0.3, 0.4) is 0 Å². The van der Waals surface area contributed by atoms with Crippen molar-refractivity contribution in [2.75, 3.05) is 13.1 Å². The van der Waals surface area contributed by atoms with Crippen LogP contribution in [0.25, 0.3) is 0 Å². The molecule has 0 bridgehead atoms. The van der Waals surface area contributed by atoms with Gasteiger partial charge in [0.05, 0.1) is 0 Å². The van der Waals surface area contributed by atoms with Gasteiger partial charge >= 0.3 is 0 Å². The third-order valence-electron chi connectivity index (χ3n) is 11.3. The summed E-state index contributed by atoms with van der Waals surface area (Å²) >= 11 is 0. The maximum Gasteiger partial charge on any atom is 0.101 e. The molecule has 1 aliphatic rings. The molecule has 2 nitrogen and oxygen atoms in total. The maximum absolute atomic E-state index is 2.73. The van der Waals surface area contributed by atoms with Gasteiger partial charge < -0.3 is 9.80 Å². The van der Waals surface area contributed by atoms with Crippen molar-refractivity contribution < 1.29 is 0 Å². The zero-order chi connectivity index (χ0) is 34.4. The van der Waals surface area contributed by atoms with Gasteiger partial charge in [-0.2, -0.15) is 0 Å². The summed E-state index contributed by atoms with van der Waals surface area (Å²) in [4.78, 5) is 5.44. The molecule has 1 aliphatic heterocycles. The fourth-order valence-corrected chi connectivity index (χ4v) is 7.95. The van der Waals surface area contributed by atoms with E-state index in [2.05, 4.69) is 43.0 Å². The van der Waals surface area contributed by atoms with Crippen LogP contribution in [0.1, 0.15) is 265 Å². The molecule has 0 aliphatic carbocycles. The second-order valence-electron chi connectivity index (χ2n) is 16.1. The van der Waals surface area contributed by atoms with E-state index in [0.29, 0.717) is 6.17 Å². The first kappa shape index (κ1) is 45.4. The van der Waals surface area contributed by atoms with Gasteiger partial charge in [0.2, 0.25) is 0 Å². The van der Waals surface area contributed by atoms with Crippen molar-refractivity contribution in [2.45, 2.75) is 271 Å².